The van der Waals surface area contributed by atoms with Crippen molar-refractivity contribution in [2.45, 2.75) is 83.8 Å². The lowest BCUT2D eigenvalue weighted by molar-refractivity contribution is -0.198. The number of hydrogen-bond acceptors (Lipinski definition) is 3. The van der Waals surface area contributed by atoms with Crippen LogP contribution in [0.15, 0.2) is 0 Å². The van der Waals surface area contributed by atoms with E-state index < -0.39 is 5.60 Å². The van der Waals surface area contributed by atoms with Crippen LogP contribution in [0.2, 0.25) is 0 Å². The second kappa shape index (κ2) is 4.74. The standard InChI is InChI=1S/C20H34O3/c1-17(2)7-4-8-18(3)14-6-5-13-10-19(14,11-20(13,23)12-21)16(22)9-15(17)18/h13-16,21-23H,4-12H2,1-3H3. The molecular formula is C20H34O3. The topological polar surface area (TPSA) is 60.7 Å². The number of fused-ring (bicyclic) bond motifs is 3. The Kier molecular flexibility index (Phi) is 3.37. The van der Waals surface area contributed by atoms with Gasteiger partial charge in [0.15, 0.2) is 0 Å². The molecule has 0 aliphatic heterocycles. The highest BCUT2D eigenvalue weighted by Gasteiger charge is 2.69. The van der Waals surface area contributed by atoms with Gasteiger partial charge in [0, 0.05) is 5.41 Å². The summed E-state index contributed by atoms with van der Waals surface area (Å²) in [7, 11) is 0. The van der Waals surface area contributed by atoms with Crippen molar-refractivity contribution in [2.24, 2.45) is 34.0 Å². The second-order valence-electron chi connectivity index (χ2n) is 10.4. The van der Waals surface area contributed by atoms with E-state index in [4.69, 9.17) is 0 Å². The summed E-state index contributed by atoms with van der Waals surface area (Å²) in [6.45, 7) is 7.12. The summed E-state index contributed by atoms with van der Waals surface area (Å²) in [5.74, 6) is 1.25. The fourth-order valence-corrected chi connectivity index (χ4v) is 8.01. The molecule has 7 atom stereocenters. The van der Waals surface area contributed by atoms with Crippen molar-refractivity contribution in [3.05, 3.63) is 0 Å². The summed E-state index contributed by atoms with van der Waals surface area (Å²) < 4.78 is 0. The normalized spacial score (nSPS) is 57.7. The highest BCUT2D eigenvalue weighted by molar-refractivity contribution is 5.19. The van der Waals surface area contributed by atoms with E-state index in [0.717, 1.165) is 25.7 Å². The second-order valence-corrected chi connectivity index (χ2v) is 10.4. The largest absolute Gasteiger partial charge is 0.393 e. The molecule has 4 aliphatic rings. The number of aliphatic hydroxyl groups excluding tert-OH is 2. The van der Waals surface area contributed by atoms with E-state index in [9.17, 15) is 15.3 Å². The van der Waals surface area contributed by atoms with Gasteiger partial charge in [-0.1, -0.05) is 27.2 Å². The fraction of sp³-hybridized carbons (Fsp3) is 1.00. The van der Waals surface area contributed by atoms with Crippen molar-refractivity contribution >= 4 is 0 Å². The first-order valence-electron chi connectivity index (χ1n) is 9.69. The molecule has 7 unspecified atom stereocenters. The van der Waals surface area contributed by atoms with Gasteiger partial charge in [-0.2, -0.15) is 0 Å². The molecule has 4 rings (SSSR count). The molecule has 4 fully saturated rings. The van der Waals surface area contributed by atoms with E-state index in [1.54, 1.807) is 0 Å². The first-order chi connectivity index (χ1) is 10.7. The molecule has 0 aromatic rings. The summed E-state index contributed by atoms with van der Waals surface area (Å²) in [6, 6.07) is 0. The van der Waals surface area contributed by atoms with E-state index in [1.807, 2.05) is 0 Å². The van der Waals surface area contributed by atoms with Gasteiger partial charge in [0.05, 0.1) is 18.3 Å². The van der Waals surface area contributed by atoms with Gasteiger partial charge in [-0.05, 0) is 73.5 Å². The molecule has 3 heteroatoms. The quantitative estimate of drug-likeness (QED) is 0.695. The minimum absolute atomic E-state index is 0.148. The highest BCUT2D eigenvalue weighted by atomic mass is 16.3. The van der Waals surface area contributed by atoms with Crippen LogP contribution in [0.4, 0.5) is 0 Å². The SMILES string of the molecule is CC1(C)CCCC2(C)C1CC(O)C13CC(CCC21)C(O)(CO)C3. The van der Waals surface area contributed by atoms with Crippen molar-refractivity contribution in [2.75, 3.05) is 6.61 Å². The molecule has 3 nitrogen and oxygen atoms in total. The highest BCUT2D eigenvalue weighted by Crippen LogP contribution is 2.72. The number of aliphatic hydroxyl groups is 3. The van der Waals surface area contributed by atoms with Gasteiger partial charge in [-0.25, -0.2) is 0 Å². The lowest BCUT2D eigenvalue weighted by Gasteiger charge is -2.65. The molecular weight excluding hydrogens is 288 g/mol. The smallest absolute Gasteiger partial charge is 0.0911 e. The first kappa shape index (κ1) is 16.4. The Morgan fingerprint density at radius 3 is 2.48 bits per heavy atom. The minimum atomic E-state index is -0.955. The van der Waals surface area contributed by atoms with Crippen molar-refractivity contribution in [1.82, 2.24) is 0 Å². The predicted molar refractivity (Wildman–Crippen MR) is 89.8 cm³/mol. The lowest BCUT2D eigenvalue weighted by atomic mass is 9.40. The maximum atomic E-state index is 11.2. The Morgan fingerprint density at radius 2 is 1.78 bits per heavy atom. The molecule has 23 heavy (non-hydrogen) atoms. The predicted octanol–water partition coefficient (Wildman–Crippen LogP) is 3.11. The molecule has 0 radical (unpaired) electrons. The number of rotatable bonds is 1. The average molecular weight is 322 g/mol. The van der Waals surface area contributed by atoms with Crippen LogP contribution < -0.4 is 0 Å². The van der Waals surface area contributed by atoms with Crippen molar-refractivity contribution in [3.8, 4) is 0 Å². The first-order valence-corrected chi connectivity index (χ1v) is 9.69. The third-order valence-corrected chi connectivity index (χ3v) is 8.99. The van der Waals surface area contributed by atoms with Crippen LogP contribution in [-0.4, -0.2) is 33.6 Å². The van der Waals surface area contributed by atoms with E-state index in [1.165, 1.54) is 19.3 Å². The number of hydrogen-bond donors (Lipinski definition) is 3. The Balaban J connectivity index is 1.77. The fourth-order valence-electron chi connectivity index (χ4n) is 8.01. The molecule has 1 spiro atoms. The van der Waals surface area contributed by atoms with E-state index >= 15 is 0 Å². The van der Waals surface area contributed by atoms with Crippen LogP contribution in [0.3, 0.4) is 0 Å². The Labute approximate surface area is 140 Å². The Bertz CT molecular complexity index is 503. The van der Waals surface area contributed by atoms with Crippen LogP contribution >= 0.6 is 0 Å². The van der Waals surface area contributed by atoms with Crippen LogP contribution in [0.1, 0.15) is 72.1 Å². The minimum Gasteiger partial charge on any atom is -0.393 e. The molecule has 2 bridgehead atoms. The maximum Gasteiger partial charge on any atom is 0.0911 e. The maximum absolute atomic E-state index is 11.2. The van der Waals surface area contributed by atoms with Crippen molar-refractivity contribution in [1.29, 1.82) is 0 Å². The average Bonchev–Trinajstić information content (AvgIpc) is 2.71. The molecule has 0 heterocycles. The molecule has 4 aliphatic carbocycles. The summed E-state index contributed by atoms with van der Waals surface area (Å²) in [5, 5.41) is 31.9. The monoisotopic (exact) mass is 322 g/mol. The molecule has 0 aromatic heterocycles. The summed E-state index contributed by atoms with van der Waals surface area (Å²) >= 11 is 0. The van der Waals surface area contributed by atoms with Crippen LogP contribution in [0, 0.1) is 34.0 Å². The summed E-state index contributed by atoms with van der Waals surface area (Å²) in [6.07, 6.45) is 8.04. The molecule has 132 valence electrons. The Hall–Kier alpha value is -0.120. The lowest BCUT2D eigenvalue weighted by Crippen LogP contribution is -2.61. The van der Waals surface area contributed by atoms with Gasteiger partial charge in [-0.15, -0.1) is 0 Å². The van der Waals surface area contributed by atoms with Gasteiger partial charge < -0.3 is 15.3 Å². The Morgan fingerprint density at radius 1 is 1.04 bits per heavy atom. The zero-order chi connectivity index (χ0) is 16.7. The van der Waals surface area contributed by atoms with Crippen molar-refractivity contribution < 1.29 is 15.3 Å². The van der Waals surface area contributed by atoms with Gasteiger partial charge in [0.25, 0.3) is 0 Å². The third-order valence-electron chi connectivity index (χ3n) is 8.99. The summed E-state index contributed by atoms with van der Waals surface area (Å²) in [4.78, 5) is 0. The zero-order valence-electron chi connectivity index (χ0n) is 15.0. The molecule has 4 saturated carbocycles. The van der Waals surface area contributed by atoms with E-state index in [0.29, 0.717) is 23.7 Å². The van der Waals surface area contributed by atoms with Gasteiger partial charge >= 0.3 is 0 Å². The van der Waals surface area contributed by atoms with Crippen LogP contribution in [-0.2, 0) is 0 Å². The molecule has 3 N–H and O–H groups in total. The third kappa shape index (κ3) is 1.93. The van der Waals surface area contributed by atoms with E-state index in [-0.39, 0.29) is 29.5 Å². The molecule has 0 amide bonds. The molecule has 0 saturated heterocycles. The summed E-state index contributed by atoms with van der Waals surface area (Å²) in [5.41, 5.74) is -0.521. The van der Waals surface area contributed by atoms with E-state index in [2.05, 4.69) is 20.8 Å². The van der Waals surface area contributed by atoms with Gasteiger partial charge in [-0.3, -0.25) is 0 Å². The zero-order valence-corrected chi connectivity index (χ0v) is 15.0. The van der Waals surface area contributed by atoms with Crippen LogP contribution in [0.25, 0.3) is 0 Å². The van der Waals surface area contributed by atoms with Gasteiger partial charge in [0.1, 0.15) is 0 Å². The van der Waals surface area contributed by atoms with Crippen LogP contribution in [0.5, 0.6) is 0 Å². The van der Waals surface area contributed by atoms with Crippen molar-refractivity contribution in [3.63, 3.8) is 0 Å². The molecule has 0 aromatic carbocycles. The van der Waals surface area contributed by atoms with Gasteiger partial charge in [0.2, 0.25) is 0 Å².